The molecule has 0 atom stereocenters. The first-order valence-corrected chi connectivity index (χ1v) is 11.9. The van der Waals surface area contributed by atoms with Crippen molar-refractivity contribution in [3.8, 4) is 0 Å². The highest BCUT2D eigenvalue weighted by Gasteiger charge is 2.28. The van der Waals surface area contributed by atoms with Crippen molar-refractivity contribution in [1.82, 2.24) is 14.6 Å². The van der Waals surface area contributed by atoms with Crippen molar-refractivity contribution in [2.45, 2.75) is 37.5 Å². The van der Waals surface area contributed by atoms with E-state index in [1.807, 2.05) is 0 Å². The number of hydrogen-bond donors (Lipinski definition) is 2. The van der Waals surface area contributed by atoms with Crippen molar-refractivity contribution in [1.29, 1.82) is 0 Å². The van der Waals surface area contributed by atoms with Crippen LogP contribution >= 0.6 is 0 Å². The number of carbonyl (C=O) groups is 1. The predicted molar refractivity (Wildman–Crippen MR) is 111 cm³/mol. The van der Waals surface area contributed by atoms with Gasteiger partial charge in [-0.15, -0.1) is 0 Å². The first kappa shape index (κ1) is 20.4. The van der Waals surface area contributed by atoms with Crippen molar-refractivity contribution < 1.29 is 17.9 Å². The van der Waals surface area contributed by atoms with Crippen molar-refractivity contribution in [3.63, 3.8) is 0 Å². The average molecular weight is 420 g/mol. The number of piperidine rings is 1. The molecule has 2 aromatic rings. The Morgan fingerprint density at radius 2 is 1.90 bits per heavy atom. The summed E-state index contributed by atoms with van der Waals surface area (Å²) in [4.78, 5) is 15.9. The molecule has 1 aromatic carbocycles. The van der Waals surface area contributed by atoms with Gasteiger partial charge in [-0.25, -0.2) is 8.42 Å². The van der Waals surface area contributed by atoms with Crippen LogP contribution in [0.5, 0.6) is 0 Å². The number of aromatic nitrogens is 1. The van der Waals surface area contributed by atoms with Gasteiger partial charge < -0.3 is 15.0 Å². The van der Waals surface area contributed by atoms with Crippen LogP contribution in [-0.2, 0) is 14.8 Å². The summed E-state index contributed by atoms with van der Waals surface area (Å²) in [7, 11) is -3.51. The summed E-state index contributed by atoms with van der Waals surface area (Å²) in [6, 6.07) is 6.75. The largest absolute Gasteiger partial charge is 0.381 e. The summed E-state index contributed by atoms with van der Waals surface area (Å²) in [5, 5.41) is 3.71. The number of nitrogens with zero attached hydrogens (tertiary/aromatic N) is 1. The predicted octanol–water partition coefficient (Wildman–Crippen LogP) is 2.74. The highest BCUT2D eigenvalue weighted by molar-refractivity contribution is 7.89. The Morgan fingerprint density at radius 3 is 2.62 bits per heavy atom. The number of benzene rings is 1. The number of nitrogens with one attached hydrogen (secondary N) is 2. The normalized spacial score (nSPS) is 20.2. The molecule has 0 unspecified atom stereocenters. The molecule has 7 nitrogen and oxygen atoms in total. The minimum Gasteiger partial charge on any atom is -0.381 e. The van der Waals surface area contributed by atoms with E-state index < -0.39 is 10.0 Å². The van der Waals surface area contributed by atoms with Gasteiger partial charge in [0.2, 0.25) is 10.0 Å². The highest BCUT2D eigenvalue weighted by Crippen LogP contribution is 2.26. The van der Waals surface area contributed by atoms with E-state index in [0.717, 1.165) is 49.8 Å². The second kappa shape index (κ2) is 8.45. The molecule has 2 fully saturated rings. The lowest BCUT2D eigenvalue weighted by atomic mass is 10.0. The maximum atomic E-state index is 13.0. The smallest absolute Gasteiger partial charge is 0.267 e. The Hall–Kier alpha value is -1.90. The Bertz CT molecular complexity index is 971. The van der Waals surface area contributed by atoms with Gasteiger partial charge >= 0.3 is 0 Å². The molecule has 3 heterocycles. The molecule has 29 heavy (non-hydrogen) atoms. The van der Waals surface area contributed by atoms with Crippen LogP contribution in [0.25, 0.3) is 10.9 Å². The van der Waals surface area contributed by atoms with Crippen LogP contribution in [0.1, 0.15) is 43.1 Å². The zero-order chi connectivity index (χ0) is 20.4. The number of amides is 1. The standard InChI is InChI=1S/C21H29N3O4S/c1-15-4-8-24(9-5-15)29(26,27)18-2-3-19-17(12-18)13-20(23-19)21(25)22-14-16-6-10-28-11-7-16/h2-3,12-13,15-16,23H,4-11,14H2,1H3,(H,22,25). The van der Waals surface area contributed by atoms with Crippen LogP contribution in [0.4, 0.5) is 0 Å². The number of fused-ring (bicyclic) bond motifs is 1. The van der Waals surface area contributed by atoms with E-state index in [4.69, 9.17) is 4.74 Å². The molecule has 0 bridgehead atoms. The Balaban J connectivity index is 1.47. The van der Waals surface area contributed by atoms with Crippen molar-refractivity contribution in [3.05, 3.63) is 30.0 Å². The summed E-state index contributed by atoms with van der Waals surface area (Å²) in [5.41, 5.74) is 1.21. The SMILES string of the molecule is CC1CCN(S(=O)(=O)c2ccc3[nH]c(C(=O)NCC4CCOCC4)cc3c2)CC1. The monoisotopic (exact) mass is 419 g/mol. The van der Waals surface area contributed by atoms with Crippen molar-refractivity contribution in [2.24, 2.45) is 11.8 Å². The quantitative estimate of drug-likeness (QED) is 0.780. The van der Waals surface area contributed by atoms with Crippen molar-refractivity contribution >= 4 is 26.8 Å². The van der Waals surface area contributed by atoms with Gasteiger partial charge in [-0.3, -0.25) is 4.79 Å². The Kier molecular flexibility index (Phi) is 5.94. The zero-order valence-electron chi connectivity index (χ0n) is 16.8. The molecule has 158 valence electrons. The summed E-state index contributed by atoms with van der Waals surface area (Å²) in [6.45, 7) is 5.41. The van der Waals surface area contributed by atoms with E-state index in [2.05, 4.69) is 17.2 Å². The van der Waals surface area contributed by atoms with Crippen LogP contribution in [0.15, 0.2) is 29.2 Å². The van der Waals surface area contributed by atoms with Crippen molar-refractivity contribution in [2.75, 3.05) is 32.8 Å². The van der Waals surface area contributed by atoms with Gasteiger partial charge in [0.1, 0.15) is 5.69 Å². The molecule has 1 amide bonds. The van der Waals surface area contributed by atoms with Gasteiger partial charge in [0.05, 0.1) is 4.90 Å². The average Bonchev–Trinajstić information content (AvgIpc) is 3.16. The summed E-state index contributed by atoms with van der Waals surface area (Å²) in [6.07, 6.45) is 3.71. The first-order valence-electron chi connectivity index (χ1n) is 10.4. The van der Waals surface area contributed by atoms with Crippen LogP contribution in [0, 0.1) is 11.8 Å². The van der Waals surface area contributed by atoms with Crippen LogP contribution in [-0.4, -0.2) is 56.5 Å². The van der Waals surface area contributed by atoms with E-state index in [0.29, 0.717) is 37.2 Å². The molecule has 2 N–H and O–H groups in total. The Labute approximate surface area is 171 Å². The van der Waals surface area contributed by atoms with Gasteiger partial charge in [0.25, 0.3) is 5.91 Å². The third-order valence-electron chi connectivity index (χ3n) is 6.11. The van der Waals surface area contributed by atoms with Gasteiger partial charge in [-0.2, -0.15) is 4.31 Å². The second-order valence-corrected chi connectivity index (χ2v) is 10.2. The number of ether oxygens (including phenoxy) is 1. The third kappa shape index (κ3) is 4.49. The molecule has 2 aliphatic heterocycles. The zero-order valence-corrected chi connectivity index (χ0v) is 17.6. The van der Waals surface area contributed by atoms with Gasteiger partial charge in [0, 0.05) is 43.8 Å². The van der Waals surface area contributed by atoms with Gasteiger partial charge in [-0.1, -0.05) is 6.92 Å². The number of hydrogen-bond acceptors (Lipinski definition) is 4. The lowest BCUT2D eigenvalue weighted by Gasteiger charge is -2.29. The fourth-order valence-corrected chi connectivity index (χ4v) is 5.56. The summed E-state index contributed by atoms with van der Waals surface area (Å²) in [5.74, 6) is 0.846. The molecule has 2 aliphatic rings. The lowest BCUT2D eigenvalue weighted by molar-refractivity contribution is 0.0642. The summed E-state index contributed by atoms with van der Waals surface area (Å²) < 4.78 is 32.9. The van der Waals surface area contributed by atoms with E-state index in [9.17, 15) is 13.2 Å². The number of H-pyrrole nitrogens is 1. The van der Waals surface area contributed by atoms with E-state index in [1.165, 1.54) is 0 Å². The maximum absolute atomic E-state index is 13.0. The molecular formula is C21H29N3O4S. The van der Waals surface area contributed by atoms with E-state index in [-0.39, 0.29) is 10.8 Å². The minimum absolute atomic E-state index is 0.165. The third-order valence-corrected chi connectivity index (χ3v) is 8.00. The first-order chi connectivity index (χ1) is 13.9. The second-order valence-electron chi connectivity index (χ2n) is 8.28. The van der Waals surface area contributed by atoms with Crippen LogP contribution in [0.2, 0.25) is 0 Å². The summed E-state index contributed by atoms with van der Waals surface area (Å²) >= 11 is 0. The molecule has 2 saturated heterocycles. The number of rotatable bonds is 5. The molecule has 0 radical (unpaired) electrons. The number of sulfonamides is 1. The fourth-order valence-electron chi connectivity index (χ4n) is 4.05. The molecule has 0 spiro atoms. The molecule has 0 saturated carbocycles. The minimum atomic E-state index is -3.51. The van der Waals surface area contributed by atoms with Crippen LogP contribution in [0.3, 0.4) is 0 Å². The molecule has 1 aromatic heterocycles. The topological polar surface area (TPSA) is 91.5 Å². The maximum Gasteiger partial charge on any atom is 0.267 e. The van der Waals surface area contributed by atoms with Gasteiger partial charge in [-0.05, 0) is 61.8 Å². The number of aromatic amines is 1. The van der Waals surface area contributed by atoms with E-state index in [1.54, 1.807) is 28.6 Å². The highest BCUT2D eigenvalue weighted by atomic mass is 32.2. The van der Waals surface area contributed by atoms with Gasteiger partial charge in [0.15, 0.2) is 0 Å². The lowest BCUT2D eigenvalue weighted by Crippen LogP contribution is -2.37. The van der Waals surface area contributed by atoms with E-state index >= 15 is 0 Å². The Morgan fingerprint density at radius 1 is 1.17 bits per heavy atom. The fraction of sp³-hybridized carbons (Fsp3) is 0.571. The number of carbonyl (C=O) groups excluding carboxylic acids is 1. The molecule has 4 rings (SSSR count). The molecular weight excluding hydrogens is 390 g/mol. The molecule has 8 heteroatoms. The molecule has 0 aliphatic carbocycles. The van der Waals surface area contributed by atoms with Crippen LogP contribution < -0.4 is 5.32 Å².